The number of aromatic nitrogens is 3. The van der Waals surface area contributed by atoms with Crippen LogP contribution in [-0.4, -0.2) is 61.2 Å². The average molecular weight is 389 g/mol. The molecule has 1 amide bonds. The zero-order valence-corrected chi connectivity index (χ0v) is 16.0. The SMILES string of the molecule is CCN(CC(=O)O)C1CC(NC(=O)c2ccc3c(=O)n(C)c(=O)n(C)c3n2)C1. The second-order valence-corrected chi connectivity index (χ2v) is 7.03. The summed E-state index contributed by atoms with van der Waals surface area (Å²) in [6.07, 6.45) is 1.33. The Kier molecular flexibility index (Phi) is 5.32. The Bertz CT molecular complexity index is 1050. The summed E-state index contributed by atoms with van der Waals surface area (Å²) in [7, 11) is 2.89. The number of hydrogen-bond donors (Lipinski definition) is 2. The number of nitrogens with one attached hydrogen (secondary N) is 1. The molecule has 28 heavy (non-hydrogen) atoms. The van der Waals surface area contributed by atoms with Crippen molar-refractivity contribution in [2.24, 2.45) is 14.1 Å². The number of aliphatic carboxylic acids is 1. The summed E-state index contributed by atoms with van der Waals surface area (Å²) in [4.78, 5) is 53.7. The third-order valence-electron chi connectivity index (χ3n) is 5.24. The van der Waals surface area contributed by atoms with Gasteiger partial charge in [0.15, 0.2) is 0 Å². The van der Waals surface area contributed by atoms with Gasteiger partial charge in [-0.25, -0.2) is 9.78 Å². The van der Waals surface area contributed by atoms with E-state index in [2.05, 4.69) is 10.3 Å². The minimum absolute atomic E-state index is 0.0168. The van der Waals surface area contributed by atoms with E-state index in [9.17, 15) is 19.2 Å². The number of likely N-dealkylation sites (N-methyl/N-ethyl adjacent to an activating group) is 1. The van der Waals surface area contributed by atoms with Crippen molar-refractivity contribution in [3.05, 3.63) is 38.7 Å². The Morgan fingerprint density at radius 2 is 1.93 bits per heavy atom. The third kappa shape index (κ3) is 3.55. The Hall–Kier alpha value is -3.01. The van der Waals surface area contributed by atoms with Gasteiger partial charge in [0.25, 0.3) is 11.5 Å². The molecule has 2 aromatic heterocycles. The van der Waals surface area contributed by atoms with Crippen LogP contribution in [0.1, 0.15) is 30.3 Å². The van der Waals surface area contributed by atoms with Crippen molar-refractivity contribution >= 4 is 22.9 Å². The van der Waals surface area contributed by atoms with E-state index in [1.54, 1.807) is 0 Å². The fourth-order valence-corrected chi connectivity index (χ4v) is 3.52. The van der Waals surface area contributed by atoms with Gasteiger partial charge in [-0.3, -0.25) is 28.4 Å². The van der Waals surface area contributed by atoms with Crippen molar-refractivity contribution in [3.63, 3.8) is 0 Å². The fraction of sp³-hybridized carbons (Fsp3) is 0.500. The second-order valence-electron chi connectivity index (χ2n) is 7.03. The minimum atomic E-state index is -0.869. The zero-order valence-electron chi connectivity index (χ0n) is 16.0. The summed E-state index contributed by atoms with van der Waals surface area (Å²) in [5.74, 6) is -1.26. The molecule has 0 saturated heterocycles. The van der Waals surface area contributed by atoms with Crippen LogP contribution in [0.4, 0.5) is 0 Å². The Morgan fingerprint density at radius 3 is 2.54 bits per heavy atom. The molecular formula is C18H23N5O5. The maximum Gasteiger partial charge on any atom is 0.332 e. The lowest BCUT2D eigenvalue weighted by atomic mass is 9.85. The maximum absolute atomic E-state index is 12.5. The predicted molar refractivity (Wildman–Crippen MR) is 101 cm³/mol. The van der Waals surface area contributed by atoms with E-state index in [-0.39, 0.29) is 41.3 Å². The number of amides is 1. The molecule has 1 aliphatic rings. The molecule has 1 saturated carbocycles. The summed E-state index contributed by atoms with van der Waals surface area (Å²) in [5, 5.41) is 12.1. The molecule has 1 fully saturated rings. The number of carbonyl (C=O) groups is 2. The van der Waals surface area contributed by atoms with E-state index in [0.717, 1.165) is 4.57 Å². The maximum atomic E-state index is 12.5. The van der Waals surface area contributed by atoms with Gasteiger partial charge in [0.05, 0.1) is 11.9 Å². The van der Waals surface area contributed by atoms with Crippen molar-refractivity contribution in [1.29, 1.82) is 0 Å². The molecule has 10 nitrogen and oxygen atoms in total. The number of fused-ring (bicyclic) bond motifs is 1. The highest BCUT2D eigenvalue weighted by Gasteiger charge is 2.35. The summed E-state index contributed by atoms with van der Waals surface area (Å²) >= 11 is 0. The van der Waals surface area contributed by atoms with Crippen molar-refractivity contribution in [2.75, 3.05) is 13.1 Å². The zero-order chi connectivity index (χ0) is 20.6. The van der Waals surface area contributed by atoms with Gasteiger partial charge in [0.1, 0.15) is 11.3 Å². The summed E-state index contributed by atoms with van der Waals surface area (Å²) in [6.45, 7) is 2.52. The van der Waals surface area contributed by atoms with E-state index < -0.39 is 17.2 Å². The molecule has 2 heterocycles. The number of aryl methyl sites for hydroxylation is 1. The molecule has 3 rings (SSSR count). The normalized spacial score (nSPS) is 18.9. The van der Waals surface area contributed by atoms with Gasteiger partial charge in [-0.05, 0) is 31.5 Å². The smallest absolute Gasteiger partial charge is 0.332 e. The first-order chi connectivity index (χ1) is 13.2. The van der Waals surface area contributed by atoms with Crippen LogP contribution >= 0.6 is 0 Å². The average Bonchev–Trinajstić information content (AvgIpc) is 2.64. The Balaban J connectivity index is 1.73. The van der Waals surface area contributed by atoms with Crippen molar-refractivity contribution in [2.45, 2.75) is 31.8 Å². The topological polar surface area (TPSA) is 127 Å². The lowest BCUT2D eigenvalue weighted by Gasteiger charge is -2.42. The number of hydrogen-bond acceptors (Lipinski definition) is 6. The van der Waals surface area contributed by atoms with E-state index in [1.807, 2.05) is 11.8 Å². The standard InChI is InChI=1S/C18H23N5O5/c1-4-23(9-14(24)25)11-7-10(8-11)19-16(26)13-6-5-12-15(20-13)21(2)18(28)22(3)17(12)27/h5-6,10-11H,4,7-9H2,1-3H3,(H,19,26)(H,24,25). The van der Waals surface area contributed by atoms with Crippen LogP contribution in [0.5, 0.6) is 0 Å². The van der Waals surface area contributed by atoms with E-state index in [4.69, 9.17) is 5.11 Å². The molecule has 0 aromatic carbocycles. The van der Waals surface area contributed by atoms with Crippen LogP contribution in [0.25, 0.3) is 11.0 Å². The largest absolute Gasteiger partial charge is 0.480 e. The quantitative estimate of drug-likeness (QED) is 0.669. The molecule has 1 aliphatic carbocycles. The van der Waals surface area contributed by atoms with Gasteiger partial charge in [0.2, 0.25) is 0 Å². The molecule has 2 N–H and O–H groups in total. The molecule has 2 aromatic rings. The van der Waals surface area contributed by atoms with Crippen LogP contribution in [0.15, 0.2) is 21.7 Å². The number of rotatable bonds is 6. The predicted octanol–water partition coefficient (Wildman–Crippen LogP) is -0.700. The Labute approximate surface area is 160 Å². The van der Waals surface area contributed by atoms with Crippen molar-refractivity contribution in [3.8, 4) is 0 Å². The highest BCUT2D eigenvalue weighted by atomic mass is 16.4. The molecule has 150 valence electrons. The van der Waals surface area contributed by atoms with Crippen molar-refractivity contribution < 1.29 is 14.7 Å². The van der Waals surface area contributed by atoms with Crippen LogP contribution < -0.4 is 16.6 Å². The third-order valence-corrected chi connectivity index (χ3v) is 5.24. The van der Waals surface area contributed by atoms with E-state index >= 15 is 0 Å². The first-order valence-corrected chi connectivity index (χ1v) is 9.06. The summed E-state index contributed by atoms with van der Waals surface area (Å²) < 4.78 is 2.23. The molecule has 0 atom stereocenters. The van der Waals surface area contributed by atoms with Crippen LogP contribution in [0.2, 0.25) is 0 Å². The first kappa shape index (κ1) is 19.7. The fourth-order valence-electron chi connectivity index (χ4n) is 3.52. The highest BCUT2D eigenvalue weighted by Crippen LogP contribution is 2.25. The molecule has 0 aliphatic heterocycles. The van der Waals surface area contributed by atoms with Crippen LogP contribution in [0.3, 0.4) is 0 Å². The number of carboxylic acids is 1. The van der Waals surface area contributed by atoms with Gasteiger partial charge in [-0.1, -0.05) is 6.92 Å². The molecule has 0 bridgehead atoms. The molecule has 10 heteroatoms. The number of carboxylic acid groups (broad SMARTS) is 1. The van der Waals surface area contributed by atoms with Gasteiger partial charge >= 0.3 is 11.7 Å². The van der Waals surface area contributed by atoms with E-state index in [1.165, 1.54) is 30.8 Å². The first-order valence-electron chi connectivity index (χ1n) is 9.06. The van der Waals surface area contributed by atoms with Crippen molar-refractivity contribution in [1.82, 2.24) is 24.3 Å². The second kappa shape index (κ2) is 7.55. The molecular weight excluding hydrogens is 366 g/mol. The number of nitrogens with zero attached hydrogens (tertiary/aromatic N) is 4. The summed E-state index contributed by atoms with van der Waals surface area (Å²) in [6, 6.07) is 3.02. The van der Waals surface area contributed by atoms with E-state index in [0.29, 0.717) is 19.4 Å². The lowest BCUT2D eigenvalue weighted by Crippen LogP contribution is -2.54. The van der Waals surface area contributed by atoms with Gasteiger partial charge < -0.3 is 10.4 Å². The minimum Gasteiger partial charge on any atom is -0.480 e. The number of pyridine rings is 1. The van der Waals surface area contributed by atoms with Gasteiger partial charge in [0, 0.05) is 26.2 Å². The molecule has 0 unspecified atom stereocenters. The monoisotopic (exact) mass is 389 g/mol. The van der Waals surface area contributed by atoms with Gasteiger partial charge in [-0.15, -0.1) is 0 Å². The molecule has 0 spiro atoms. The van der Waals surface area contributed by atoms with Crippen LogP contribution in [-0.2, 0) is 18.9 Å². The molecule has 0 radical (unpaired) electrons. The lowest BCUT2D eigenvalue weighted by molar-refractivity contribution is -0.139. The Morgan fingerprint density at radius 1 is 1.25 bits per heavy atom. The van der Waals surface area contributed by atoms with Gasteiger partial charge in [-0.2, -0.15) is 0 Å². The van der Waals surface area contributed by atoms with Crippen LogP contribution in [0, 0.1) is 0 Å². The summed E-state index contributed by atoms with van der Waals surface area (Å²) in [5.41, 5.74) is -0.692. The highest BCUT2D eigenvalue weighted by molar-refractivity contribution is 5.94. The number of carbonyl (C=O) groups excluding carboxylic acids is 1.